The predicted molar refractivity (Wildman–Crippen MR) is 48.4 cm³/mol. The molecular formula is C11H18. The second-order valence-electron chi connectivity index (χ2n) is 4.16. The summed E-state index contributed by atoms with van der Waals surface area (Å²) >= 11 is 0. The molecule has 0 aliphatic heterocycles. The monoisotopic (exact) mass is 150 g/mol. The first-order valence-corrected chi connectivity index (χ1v) is 5.08. The fourth-order valence-electron chi connectivity index (χ4n) is 2.72. The van der Waals surface area contributed by atoms with Gasteiger partial charge in [0, 0.05) is 0 Å². The van der Waals surface area contributed by atoms with Crippen molar-refractivity contribution in [2.24, 2.45) is 11.8 Å². The van der Waals surface area contributed by atoms with Crippen LogP contribution in [0.3, 0.4) is 0 Å². The second kappa shape index (κ2) is 3.00. The zero-order valence-electron chi connectivity index (χ0n) is 7.47. The van der Waals surface area contributed by atoms with E-state index in [-0.39, 0.29) is 0 Å². The van der Waals surface area contributed by atoms with Gasteiger partial charge in [0.15, 0.2) is 0 Å². The summed E-state index contributed by atoms with van der Waals surface area (Å²) in [5.41, 5.74) is 1.81. The number of fused-ring (bicyclic) bond motifs is 1. The molecule has 1 fully saturated rings. The molecule has 0 nitrogen and oxygen atoms in total. The zero-order valence-corrected chi connectivity index (χ0v) is 7.47. The van der Waals surface area contributed by atoms with Crippen molar-refractivity contribution in [2.45, 2.75) is 45.4 Å². The third-order valence-electron chi connectivity index (χ3n) is 3.37. The van der Waals surface area contributed by atoms with Crippen molar-refractivity contribution in [3.05, 3.63) is 11.6 Å². The van der Waals surface area contributed by atoms with Gasteiger partial charge in [-0.3, -0.25) is 0 Å². The molecule has 0 saturated heterocycles. The number of hydrogen-bond acceptors (Lipinski definition) is 0. The molecule has 0 heterocycles. The van der Waals surface area contributed by atoms with Crippen molar-refractivity contribution in [1.82, 2.24) is 0 Å². The van der Waals surface area contributed by atoms with Crippen molar-refractivity contribution < 1.29 is 0 Å². The molecule has 2 aliphatic carbocycles. The van der Waals surface area contributed by atoms with Gasteiger partial charge in [-0.25, -0.2) is 0 Å². The Morgan fingerprint density at radius 1 is 1.18 bits per heavy atom. The molecule has 0 radical (unpaired) electrons. The highest BCUT2D eigenvalue weighted by Gasteiger charge is 2.25. The molecule has 0 aromatic rings. The lowest BCUT2D eigenvalue weighted by atomic mass is 9.73. The molecule has 2 atom stereocenters. The topological polar surface area (TPSA) is 0 Å². The fourth-order valence-corrected chi connectivity index (χ4v) is 2.72. The molecule has 0 spiro atoms. The van der Waals surface area contributed by atoms with Crippen molar-refractivity contribution in [3.8, 4) is 0 Å². The van der Waals surface area contributed by atoms with E-state index in [2.05, 4.69) is 13.0 Å². The molecular weight excluding hydrogens is 132 g/mol. The fraction of sp³-hybridized carbons (Fsp3) is 0.818. The third kappa shape index (κ3) is 1.36. The summed E-state index contributed by atoms with van der Waals surface area (Å²) in [6.07, 6.45) is 11.2. The number of allylic oxidation sites excluding steroid dienone is 2. The Labute approximate surface area is 69.7 Å². The standard InChI is InChI=1S/C11H18/c1-9-5-4-7-10-6-2-3-8-11(9)10/h8-10H,2-7H2,1H3. The first kappa shape index (κ1) is 7.39. The van der Waals surface area contributed by atoms with E-state index in [0.29, 0.717) is 0 Å². The van der Waals surface area contributed by atoms with Gasteiger partial charge in [-0.05, 0) is 43.9 Å². The van der Waals surface area contributed by atoms with Gasteiger partial charge >= 0.3 is 0 Å². The maximum absolute atomic E-state index is 2.53. The average molecular weight is 150 g/mol. The van der Waals surface area contributed by atoms with Crippen LogP contribution < -0.4 is 0 Å². The highest BCUT2D eigenvalue weighted by molar-refractivity contribution is 5.14. The van der Waals surface area contributed by atoms with Crippen LogP contribution in [-0.2, 0) is 0 Å². The van der Waals surface area contributed by atoms with Crippen LogP contribution in [0.25, 0.3) is 0 Å². The second-order valence-corrected chi connectivity index (χ2v) is 4.16. The van der Waals surface area contributed by atoms with Gasteiger partial charge in [-0.1, -0.05) is 25.0 Å². The summed E-state index contributed by atoms with van der Waals surface area (Å²) in [5, 5.41) is 0. The highest BCUT2D eigenvalue weighted by Crippen LogP contribution is 2.39. The predicted octanol–water partition coefficient (Wildman–Crippen LogP) is 3.53. The van der Waals surface area contributed by atoms with Crippen LogP contribution in [0.1, 0.15) is 45.4 Å². The van der Waals surface area contributed by atoms with E-state index in [4.69, 9.17) is 0 Å². The van der Waals surface area contributed by atoms with Crippen LogP contribution in [-0.4, -0.2) is 0 Å². The van der Waals surface area contributed by atoms with Crippen molar-refractivity contribution in [1.29, 1.82) is 0 Å². The van der Waals surface area contributed by atoms with Crippen LogP contribution >= 0.6 is 0 Å². The van der Waals surface area contributed by atoms with Crippen LogP contribution in [0.2, 0.25) is 0 Å². The minimum absolute atomic E-state index is 0.911. The average Bonchev–Trinajstić information content (AvgIpc) is 2.06. The molecule has 0 N–H and O–H groups in total. The molecule has 2 rings (SSSR count). The van der Waals surface area contributed by atoms with Gasteiger partial charge in [0.25, 0.3) is 0 Å². The van der Waals surface area contributed by atoms with E-state index in [0.717, 1.165) is 11.8 Å². The lowest BCUT2D eigenvalue weighted by Gasteiger charge is -2.33. The lowest BCUT2D eigenvalue weighted by Crippen LogP contribution is -2.19. The SMILES string of the molecule is CC1CCCC2CCCC=C12. The highest BCUT2D eigenvalue weighted by atomic mass is 14.3. The molecule has 0 aromatic carbocycles. The maximum atomic E-state index is 2.53. The smallest absolute Gasteiger partial charge is 0.0200 e. The summed E-state index contributed by atoms with van der Waals surface area (Å²) in [4.78, 5) is 0. The summed E-state index contributed by atoms with van der Waals surface area (Å²) in [6.45, 7) is 2.41. The van der Waals surface area contributed by atoms with Gasteiger partial charge in [-0.15, -0.1) is 0 Å². The largest absolute Gasteiger partial charge is 0.0848 e. The van der Waals surface area contributed by atoms with Crippen molar-refractivity contribution >= 4 is 0 Å². The molecule has 0 aromatic heterocycles. The van der Waals surface area contributed by atoms with Gasteiger partial charge in [0.05, 0.1) is 0 Å². The maximum Gasteiger partial charge on any atom is -0.0200 e. The Balaban J connectivity index is 2.14. The van der Waals surface area contributed by atoms with E-state index in [1.54, 1.807) is 0 Å². The van der Waals surface area contributed by atoms with Gasteiger partial charge in [0.2, 0.25) is 0 Å². The van der Waals surface area contributed by atoms with Gasteiger partial charge in [0.1, 0.15) is 0 Å². The van der Waals surface area contributed by atoms with E-state index < -0.39 is 0 Å². The van der Waals surface area contributed by atoms with E-state index in [9.17, 15) is 0 Å². The van der Waals surface area contributed by atoms with E-state index in [1.807, 2.05) is 5.57 Å². The van der Waals surface area contributed by atoms with Crippen LogP contribution in [0.5, 0.6) is 0 Å². The third-order valence-corrected chi connectivity index (χ3v) is 3.37. The van der Waals surface area contributed by atoms with E-state index in [1.165, 1.54) is 38.5 Å². The first-order chi connectivity index (χ1) is 5.38. The molecule has 2 unspecified atom stereocenters. The van der Waals surface area contributed by atoms with Crippen molar-refractivity contribution in [2.75, 3.05) is 0 Å². The molecule has 11 heavy (non-hydrogen) atoms. The minimum atomic E-state index is 0.911. The molecule has 0 amide bonds. The Kier molecular flexibility index (Phi) is 2.02. The zero-order chi connectivity index (χ0) is 7.68. The van der Waals surface area contributed by atoms with Crippen LogP contribution in [0.15, 0.2) is 11.6 Å². The van der Waals surface area contributed by atoms with Gasteiger partial charge < -0.3 is 0 Å². The quantitative estimate of drug-likeness (QED) is 0.463. The molecule has 62 valence electrons. The summed E-state index contributed by atoms with van der Waals surface area (Å²) in [5.74, 6) is 1.90. The molecule has 0 bridgehead atoms. The Morgan fingerprint density at radius 3 is 2.82 bits per heavy atom. The summed E-state index contributed by atoms with van der Waals surface area (Å²) in [7, 11) is 0. The number of hydrogen-bond donors (Lipinski definition) is 0. The van der Waals surface area contributed by atoms with Crippen LogP contribution in [0, 0.1) is 11.8 Å². The van der Waals surface area contributed by atoms with Crippen LogP contribution in [0.4, 0.5) is 0 Å². The van der Waals surface area contributed by atoms with Crippen molar-refractivity contribution in [3.63, 3.8) is 0 Å². The van der Waals surface area contributed by atoms with E-state index >= 15 is 0 Å². The Bertz CT molecular complexity index is 167. The minimum Gasteiger partial charge on any atom is -0.0848 e. The van der Waals surface area contributed by atoms with Gasteiger partial charge in [-0.2, -0.15) is 0 Å². The normalized spacial score (nSPS) is 37.7. The first-order valence-electron chi connectivity index (χ1n) is 5.08. The molecule has 0 heteroatoms. The Morgan fingerprint density at radius 2 is 2.00 bits per heavy atom. The Hall–Kier alpha value is -0.260. The molecule has 2 aliphatic rings. The molecule has 1 saturated carbocycles. The lowest BCUT2D eigenvalue weighted by molar-refractivity contribution is 0.347. The summed E-state index contributed by atoms with van der Waals surface area (Å²) < 4.78 is 0. The number of rotatable bonds is 0. The summed E-state index contributed by atoms with van der Waals surface area (Å²) in [6, 6.07) is 0.